The maximum Gasteiger partial charge on any atom is 0.244 e. The summed E-state index contributed by atoms with van der Waals surface area (Å²) in [4.78, 5) is 6.56. The molecule has 0 radical (unpaired) electrons. The average Bonchev–Trinajstić information content (AvgIpc) is 2.95. The summed E-state index contributed by atoms with van der Waals surface area (Å²) < 4.78 is 30.2. The van der Waals surface area contributed by atoms with E-state index in [4.69, 9.17) is 23.8 Å². The van der Waals surface area contributed by atoms with Crippen LogP contribution in [0.1, 0.15) is 12.7 Å². The molecule has 2 aromatic rings. The number of aromatic amines is 1. The van der Waals surface area contributed by atoms with Crippen LogP contribution in [0.15, 0.2) is 27.6 Å². The second-order valence-electron chi connectivity index (χ2n) is 5.97. The summed E-state index contributed by atoms with van der Waals surface area (Å²) in [5, 5.41) is 3.38. The molecule has 2 heterocycles. The van der Waals surface area contributed by atoms with E-state index in [-0.39, 0.29) is 9.92 Å². The van der Waals surface area contributed by atoms with Crippen molar-refractivity contribution in [3.63, 3.8) is 0 Å². The summed E-state index contributed by atoms with van der Waals surface area (Å²) >= 11 is 14.7. The van der Waals surface area contributed by atoms with E-state index in [0.29, 0.717) is 37.6 Å². The van der Waals surface area contributed by atoms with Gasteiger partial charge in [0, 0.05) is 37.1 Å². The Balaban J connectivity index is 1.67. The molecule has 1 aromatic carbocycles. The van der Waals surface area contributed by atoms with Gasteiger partial charge in [0.2, 0.25) is 14.8 Å². The number of sulfonamides is 1. The van der Waals surface area contributed by atoms with Gasteiger partial charge in [0.05, 0.1) is 11.7 Å². The van der Waals surface area contributed by atoms with E-state index in [0.717, 1.165) is 16.7 Å². The van der Waals surface area contributed by atoms with Crippen LogP contribution in [0.3, 0.4) is 0 Å². The number of hydrogen-bond donors (Lipinski definition) is 1. The van der Waals surface area contributed by atoms with Gasteiger partial charge in [-0.25, -0.2) is 18.1 Å². The van der Waals surface area contributed by atoms with Gasteiger partial charge in [0.15, 0.2) is 0 Å². The number of benzene rings is 1. The van der Waals surface area contributed by atoms with Crippen molar-refractivity contribution in [1.29, 1.82) is 0 Å². The van der Waals surface area contributed by atoms with Crippen molar-refractivity contribution in [2.45, 2.75) is 24.9 Å². The first-order chi connectivity index (χ1) is 12.3. The fourth-order valence-corrected chi connectivity index (χ4v) is 5.44. The number of hydrogen-bond acceptors (Lipinski definition) is 5. The van der Waals surface area contributed by atoms with E-state index in [9.17, 15) is 8.42 Å². The van der Waals surface area contributed by atoms with Crippen molar-refractivity contribution in [2.24, 2.45) is 0 Å². The van der Waals surface area contributed by atoms with E-state index in [1.165, 1.54) is 10.4 Å². The second-order valence-corrected chi connectivity index (χ2v) is 9.57. The Bertz CT molecular complexity index is 951. The van der Waals surface area contributed by atoms with Crippen molar-refractivity contribution in [1.82, 2.24) is 24.0 Å². The molecule has 1 aliphatic rings. The normalized spacial score (nSPS) is 16.9. The van der Waals surface area contributed by atoms with Crippen LogP contribution >= 0.6 is 39.7 Å². The van der Waals surface area contributed by atoms with Gasteiger partial charge >= 0.3 is 0 Å². The van der Waals surface area contributed by atoms with Crippen LogP contribution < -0.4 is 0 Å². The molecule has 0 atom stereocenters. The number of H-pyrrole nitrogens is 1. The van der Waals surface area contributed by atoms with Crippen LogP contribution in [0.2, 0.25) is 5.02 Å². The number of piperazine rings is 1. The minimum atomic E-state index is -3.61. The molecule has 1 fully saturated rings. The lowest BCUT2D eigenvalue weighted by Crippen LogP contribution is -2.49. The van der Waals surface area contributed by atoms with Crippen LogP contribution in [0.5, 0.6) is 0 Å². The third-order valence-electron chi connectivity index (χ3n) is 4.24. The molecule has 0 unspecified atom stereocenters. The lowest BCUT2D eigenvalue weighted by Gasteiger charge is -2.33. The highest BCUT2D eigenvalue weighted by molar-refractivity contribution is 9.10. The number of nitrogens with zero attached hydrogens (tertiary/aromatic N) is 4. The minimum Gasteiger partial charge on any atom is -0.282 e. The molecule has 1 aromatic heterocycles. The number of halogens is 2. The summed E-state index contributed by atoms with van der Waals surface area (Å²) in [6, 6.07) is 4.81. The predicted molar refractivity (Wildman–Crippen MR) is 106 cm³/mol. The zero-order valence-corrected chi connectivity index (χ0v) is 18.1. The lowest BCUT2D eigenvalue weighted by atomic mass is 10.4. The lowest BCUT2D eigenvalue weighted by molar-refractivity contribution is 0.144. The highest BCUT2D eigenvalue weighted by Gasteiger charge is 2.30. The first kappa shape index (κ1) is 20.0. The topological polar surface area (TPSA) is 74.2 Å². The molecule has 1 aliphatic heterocycles. The highest BCUT2D eigenvalue weighted by Crippen LogP contribution is 2.28. The van der Waals surface area contributed by atoms with E-state index in [1.54, 1.807) is 12.1 Å². The molecule has 1 saturated heterocycles. The molecule has 3 rings (SSSR count). The Kier molecular flexibility index (Phi) is 6.20. The van der Waals surface area contributed by atoms with Crippen LogP contribution in [0, 0.1) is 4.77 Å². The van der Waals surface area contributed by atoms with Gasteiger partial charge in [-0.1, -0.05) is 34.5 Å². The fraction of sp³-hybridized carbons (Fsp3) is 0.467. The van der Waals surface area contributed by atoms with E-state index < -0.39 is 10.0 Å². The highest BCUT2D eigenvalue weighted by atomic mass is 79.9. The first-order valence-corrected chi connectivity index (χ1v) is 11.2. The average molecular weight is 481 g/mol. The van der Waals surface area contributed by atoms with Crippen molar-refractivity contribution in [3.05, 3.63) is 38.3 Å². The van der Waals surface area contributed by atoms with Crippen LogP contribution in [0.25, 0.3) is 0 Å². The zero-order valence-electron chi connectivity index (χ0n) is 14.2. The van der Waals surface area contributed by atoms with Gasteiger partial charge in [0.25, 0.3) is 0 Å². The van der Waals surface area contributed by atoms with Crippen LogP contribution in [0.4, 0.5) is 0 Å². The summed E-state index contributed by atoms with van der Waals surface area (Å²) in [5.74, 6) is 0.848. The number of rotatable bonds is 5. The SMILES string of the molecule is CCc1nc(=S)n(CN2CCN(S(=O)(=O)c3ccc(Br)cc3Cl)CC2)[nH]1. The Labute approximate surface area is 171 Å². The largest absolute Gasteiger partial charge is 0.282 e. The van der Waals surface area contributed by atoms with Gasteiger partial charge in [-0.3, -0.25) is 10.00 Å². The molecular weight excluding hydrogens is 462 g/mol. The van der Waals surface area contributed by atoms with Crippen molar-refractivity contribution in [2.75, 3.05) is 26.2 Å². The van der Waals surface area contributed by atoms with Crippen molar-refractivity contribution in [3.8, 4) is 0 Å². The Hall–Kier alpha value is -0.780. The third-order valence-corrected chi connectivity index (χ3v) is 7.43. The van der Waals surface area contributed by atoms with E-state index in [2.05, 4.69) is 30.9 Å². The maximum absolute atomic E-state index is 12.9. The molecule has 1 N–H and O–H groups in total. The minimum absolute atomic E-state index is 0.138. The Morgan fingerprint density at radius 1 is 1.31 bits per heavy atom. The van der Waals surface area contributed by atoms with Gasteiger partial charge in [-0.15, -0.1) is 0 Å². The van der Waals surface area contributed by atoms with E-state index in [1.807, 2.05) is 11.6 Å². The summed E-state index contributed by atoms with van der Waals surface area (Å²) in [7, 11) is -3.61. The van der Waals surface area contributed by atoms with Gasteiger partial charge < -0.3 is 0 Å². The summed E-state index contributed by atoms with van der Waals surface area (Å²) in [6.45, 7) is 4.59. The number of aromatic nitrogens is 3. The van der Waals surface area contributed by atoms with Gasteiger partial charge in [-0.05, 0) is 30.4 Å². The number of nitrogens with one attached hydrogen (secondary N) is 1. The Morgan fingerprint density at radius 2 is 2.00 bits per heavy atom. The van der Waals surface area contributed by atoms with Gasteiger partial charge in [0.1, 0.15) is 10.7 Å². The molecule has 0 bridgehead atoms. The van der Waals surface area contributed by atoms with E-state index >= 15 is 0 Å². The maximum atomic E-state index is 12.9. The summed E-state index contributed by atoms with van der Waals surface area (Å²) in [5.41, 5.74) is 0. The first-order valence-electron chi connectivity index (χ1n) is 8.14. The molecule has 26 heavy (non-hydrogen) atoms. The molecule has 7 nitrogen and oxygen atoms in total. The Morgan fingerprint density at radius 3 is 2.58 bits per heavy atom. The fourth-order valence-electron chi connectivity index (χ4n) is 2.79. The smallest absolute Gasteiger partial charge is 0.244 e. The molecule has 0 spiro atoms. The molecule has 142 valence electrons. The van der Waals surface area contributed by atoms with Gasteiger partial charge in [-0.2, -0.15) is 4.31 Å². The zero-order chi connectivity index (χ0) is 18.9. The molecular formula is C15H19BrClN5O2S2. The molecule has 0 aliphatic carbocycles. The van der Waals surface area contributed by atoms with Crippen molar-refractivity contribution >= 4 is 49.8 Å². The molecule has 0 saturated carbocycles. The summed E-state index contributed by atoms with van der Waals surface area (Å²) in [6.07, 6.45) is 0.788. The molecule has 0 amide bonds. The van der Waals surface area contributed by atoms with Crippen LogP contribution in [-0.2, 0) is 23.1 Å². The quantitative estimate of drug-likeness (QED) is 0.666. The standard InChI is InChI=1S/C15H19BrClN5O2S2/c1-2-14-18-15(25)22(19-14)10-20-5-7-21(8-6-20)26(23,24)13-4-3-11(16)9-12(13)17/h3-4,9H,2,5-8,10H2,1H3,(H,18,19,25). The van der Waals surface area contributed by atoms with Crippen molar-refractivity contribution < 1.29 is 8.42 Å². The number of aryl methyl sites for hydroxylation is 1. The van der Waals surface area contributed by atoms with Crippen LogP contribution in [-0.4, -0.2) is 58.6 Å². The molecule has 11 heteroatoms. The monoisotopic (exact) mass is 479 g/mol. The second kappa shape index (κ2) is 8.07. The predicted octanol–water partition coefficient (Wildman–Crippen LogP) is 2.88. The third kappa shape index (κ3) is 4.20.